The Labute approximate surface area is 646 Å². The molecule has 574 valence electrons. The van der Waals surface area contributed by atoms with E-state index in [2.05, 4.69) is 120 Å². The van der Waals surface area contributed by atoms with Crippen molar-refractivity contribution < 1.29 is 31.8 Å². The molecule has 8 aromatic rings. The Balaban J connectivity index is 0.000000568. The average molecular weight is 1510 g/mol. The first-order valence-electron chi connectivity index (χ1n) is 36.7. The third-order valence-corrected chi connectivity index (χ3v) is 18.9. The van der Waals surface area contributed by atoms with Crippen molar-refractivity contribution in [2.24, 2.45) is 29.6 Å². The SMILES string of the molecule is CC1=CCC(C)CC1.CC1CCC(C)CC1.CC1CCC(C)OC1.CC1COC(C)OC1.Cc1cc(Cl)c(C)c(Cl)c1.Cc1cc(F)c(C)c(Cl)c1.Cc1cc(F)c(C)c(F)c1.Cc1ccc(C)c(Cl)c1.Cc1ccc(C)c(F)c1.Cc1ccc(C)cc1.Cc1ccc(C)nc1.Cc1cnc(C)nc1. The fourth-order valence-electron chi connectivity index (χ4n) is 9.58. The number of aryl methyl sites for hydroxylation is 13. The van der Waals surface area contributed by atoms with E-state index >= 15 is 0 Å². The van der Waals surface area contributed by atoms with Gasteiger partial charge in [-0.1, -0.05) is 184 Å². The van der Waals surface area contributed by atoms with Crippen LogP contribution >= 0.6 is 46.4 Å². The lowest BCUT2D eigenvalue weighted by Gasteiger charge is -2.24. The molecule has 3 fully saturated rings. The topological polar surface area (TPSA) is 66.4 Å². The highest BCUT2D eigenvalue weighted by molar-refractivity contribution is 6.36. The van der Waals surface area contributed by atoms with E-state index in [0.29, 0.717) is 33.7 Å². The monoisotopic (exact) mass is 1510 g/mol. The molecule has 0 amide bonds. The van der Waals surface area contributed by atoms with Crippen LogP contribution in [0.1, 0.15) is 203 Å². The minimum atomic E-state index is -0.475. The van der Waals surface area contributed by atoms with Gasteiger partial charge >= 0.3 is 0 Å². The number of benzene rings is 6. The maximum Gasteiger partial charge on any atom is 0.154 e. The van der Waals surface area contributed by atoms with Gasteiger partial charge in [-0.3, -0.25) is 4.98 Å². The van der Waals surface area contributed by atoms with Crippen LogP contribution in [0.2, 0.25) is 20.1 Å². The van der Waals surface area contributed by atoms with Gasteiger partial charge in [-0.15, -0.1) is 0 Å². The Morgan fingerprint density at radius 3 is 1.07 bits per heavy atom. The minimum absolute atomic E-state index is 0.0196. The first-order valence-corrected chi connectivity index (χ1v) is 38.2. The number of rotatable bonds is 0. The molecule has 0 radical (unpaired) electrons. The number of allylic oxidation sites excluding steroid dienone is 2. The summed E-state index contributed by atoms with van der Waals surface area (Å²) in [7, 11) is 0. The van der Waals surface area contributed by atoms with E-state index < -0.39 is 11.6 Å². The van der Waals surface area contributed by atoms with Crippen molar-refractivity contribution in [3.05, 3.63) is 272 Å². The summed E-state index contributed by atoms with van der Waals surface area (Å²) >= 11 is 23.2. The molecule has 0 spiro atoms. The Kier molecular flexibility index (Phi) is 48.9. The highest BCUT2D eigenvalue weighted by Crippen LogP contribution is 2.28. The molecule has 1 saturated carbocycles. The summed E-state index contributed by atoms with van der Waals surface area (Å²) in [5.41, 5.74) is 15.8. The van der Waals surface area contributed by atoms with Crippen LogP contribution in [0.5, 0.6) is 0 Å². The van der Waals surface area contributed by atoms with Gasteiger partial charge in [-0.2, -0.15) is 0 Å². The van der Waals surface area contributed by atoms with Crippen LogP contribution in [0, 0.1) is 164 Å². The first-order chi connectivity index (χ1) is 48.7. The lowest BCUT2D eigenvalue weighted by molar-refractivity contribution is -0.187. The van der Waals surface area contributed by atoms with Crippen molar-refractivity contribution in [3.8, 4) is 0 Å². The maximum absolute atomic E-state index is 12.8. The molecule has 2 saturated heterocycles. The van der Waals surface area contributed by atoms with E-state index in [9.17, 15) is 17.6 Å². The molecule has 14 heteroatoms. The number of nitrogens with zero attached hydrogens (tertiary/aromatic N) is 3. The molecule has 3 atom stereocenters. The summed E-state index contributed by atoms with van der Waals surface area (Å²) < 4.78 is 66.3. The van der Waals surface area contributed by atoms with Crippen molar-refractivity contribution in [3.63, 3.8) is 0 Å². The zero-order chi connectivity index (χ0) is 78.8. The summed E-state index contributed by atoms with van der Waals surface area (Å²) in [5.74, 6) is 3.89. The van der Waals surface area contributed by atoms with Gasteiger partial charge in [0, 0.05) is 68.0 Å². The van der Waals surface area contributed by atoms with E-state index in [4.69, 9.17) is 60.6 Å². The largest absolute Gasteiger partial charge is 0.378 e. The Hall–Kier alpha value is -5.95. The van der Waals surface area contributed by atoms with Crippen LogP contribution < -0.4 is 0 Å². The second-order valence-electron chi connectivity index (χ2n) is 29.0. The summed E-state index contributed by atoms with van der Waals surface area (Å²) in [6.07, 6.45) is 20.9. The third kappa shape index (κ3) is 45.5. The van der Waals surface area contributed by atoms with Gasteiger partial charge < -0.3 is 14.2 Å². The predicted octanol–water partition coefficient (Wildman–Crippen LogP) is 28.2. The molecule has 4 aliphatic rings. The summed E-state index contributed by atoms with van der Waals surface area (Å²) in [5, 5.41) is 2.84. The third-order valence-electron chi connectivity index (χ3n) is 17.3. The van der Waals surface area contributed by atoms with E-state index in [-0.39, 0.29) is 23.5 Å². The second kappa shape index (κ2) is 52.9. The van der Waals surface area contributed by atoms with Crippen molar-refractivity contribution in [2.75, 3.05) is 19.8 Å². The summed E-state index contributed by atoms with van der Waals surface area (Å²) in [6.45, 7) is 50.5. The molecule has 2 aliphatic heterocycles. The van der Waals surface area contributed by atoms with Crippen molar-refractivity contribution >= 4 is 46.4 Å². The molecule has 6 nitrogen and oxygen atoms in total. The molecule has 4 heterocycles. The van der Waals surface area contributed by atoms with Gasteiger partial charge in [0.05, 0.1) is 19.3 Å². The van der Waals surface area contributed by atoms with Crippen LogP contribution in [0.3, 0.4) is 0 Å². The predicted molar refractivity (Wildman–Crippen MR) is 438 cm³/mol. The van der Waals surface area contributed by atoms with Gasteiger partial charge in [0.25, 0.3) is 0 Å². The zero-order valence-corrected chi connectivity index (χ0v) is 70.3. The van der Waals surface area contributed by atoms with Gasteiger partial charge in [0.1, 0.15) is 29.1 Å². The van der Waals surface area contributed by atoms with Gasteiger partial charge in [-0.25, -0.2) is 27.5 Å². The molecule has 6 aromatic carbocycles. The number of halogens is 8. The zero-order valence-electron chi connectivity index (χ0n) is 67.3. The number of pyridine rings is 1. The van der Waals surface area contributed by atoms with E-state index in [1.54, 1.807) is 38.5 Å². The molecular formula is C90H125Cl4F4N3O3. The molecule has 12 rings (SSSR count). The molecular weight excluding hydrogens is 1390 g/mol. The van der Waals surface area contributed by atoms with E-state index in [1.807, 2.05) is 131 Å². The Morgan fingerprint density at radius 1 is 0.327 bits per heavy atom. The fourth-order valence-corrected chi connectivity index (χ4v) is 10.7. The van der Waals surface area contributed by atoms with Crippen LogP contribution in [0.25, 0.3) is 0 Å². The lowest BCUT2D eigenvalue weighted by Crippen LogP contribution is -2.27. The van der Waals surface area contributed by atoms with Crippen molar-refractivity contribution in [1.82, 2.24) is 15.0 Å². The average Bonchev–Trinajstić information content (AvgIpc) is 0.880. The molecule has 0 bridgehead atoms. The van der Waals surface area contributed by atoms with Crippen LogP contribution in [0.15, 0.2) is 139 Å². The Bertz CT molecular complexity index is 3200. The van der Waals surface area contributed by atoms with E-state index in [0.717, 1.165) is 103 Å². The molecule has 0 N–H and O–H groups in total. The number of ether oxygens (including phenoxy) is 3. The quantitative estimate of drug-likeness (QED) is 0.111. The molecule has 2 aromatic heterocycles. The highest BCUT2D eigenvalue weighted by atomic mass is 35.5. The van der Waals surface area contributed by atoms with Gasteiger partial charge in [0.2, 0.25) is 0 Å². The highest BCUT2D eigenvalue weighted by Gasteiger charge is 2.16. The lowest BCUT2D eigenvalue weighted by atomic mass is 9.84. The summed E-state index contributed by atoms with van der Waals surface area (Å²) in [6, 6.07) is 33.5. The van der Waals surface area contributed by atoms with Crippen LogP contribution in [0.4, 0.5) is 17.6 Å². The van der Waals surface area contributed by atoms with Crippen LogP contribution in [-0.4, -0.2) is 47.2 Å². The van der Waals surface area contributed by atoms with Gasteiger partial charge in [0.15, 0.2) is 6.29 Å². The maximum atomic E-state index is 12.8. The normalized spacial score (nSPS) is 18.2. The van der Waals surface area contributed by atoms with Crippen molar-refractivity contribution in [1.29, 1.82) is 0 Å². The van der Waals surface area contributed by atoms with E-state index in [1.165, 1.54) is 111 Å². The molecule has 2 aliphatic carbocycles. The van der Waals surface area contributed by atoms with Crippen molar-refractivity contribution in [2.45, 2.75) is 236 Å². The smallest absolute Gasteiger partial charge is 0.154 e. The minimum Gasteiger partial charge on any atom is -0.378 e. The molecule has 104 heavy (non-hydrogen) atoms. The Morgan fingerprint density at radius 2 is 0.712 bits per heavy atom. The number of hydrogen-bond acceptors (Lipinski definition) is 6. The second-order valence-corrected chi connectivity index (χ2v) is 30.6. The fraction of sp³-hybridized carbons (Fsp3) is 0.478. The van der Waals surface area contributed by atoms with Crippen LogP contribution in [-0.2, 0) is 14.2 Å². The first kappa shape index (κ1) is 96.1. The number of hydrogen-bond donors (Lipinski definition) is 0. The van der Waals surface area contributed by atoms with Gasteiger partial charge in [-0.05, 0) is 298 Å². The number of aromatic nitrogens is 3. The summed E-state index contributed by atoms with van der Waals surface area (Å²) in [4.78, 5) is 12.0. The molecule has 3 unspecified atom stereocenters. The standard InChI is InChI=1S/C8H8Cl2.C8H8ClF.C8H9Cl.C8H8F2.C8H9F.C8H16.C8H14.C8H10.C7H9N.C7H14O.C6H8N2.C6H12O2/c2*1-5-3-7(9)6(2)8(10)4-5;1-6-3-4-7(2)8(9)5-6;1-5-3-7(9)6(2)8(10)4-5;1-6-3-4-7(2)8(9)5-6;3*1-7-3-5-8(2)6-4-7;2*1-6-3-4-7(2)8-5-6;2*1-5-3-7-6(2)8-4-5/h2*3-4H,1-2H3;3-5H,1-2H3;3-4H,1-2H3;3-5H,1-2H3;7-8H,3-6H2,1-2H3;3,8H,4-6H2,1-2H3;3-6H,1-2H3;3-5H,1-2H3;6-7H,3-5H2,1-2H3;3-4H,1-2H3;5-6H,3-4H2,1-2H3.